The molecule has 11 heteroatoms. The summed E-state index contributed by atoms with van der Waals surface area (Å²) < 4.78 is 31.4. The van der Waals surface area contributed by atoms with Crippen molar-refractivity contribution >= 4 is 33.7 Å². The van der Waals surface area contributed by atoms with Crippen LogP contribution in [0.1, 0.15) is 42.0 Å². The number of rotatable bonds is 7. The topological polar surface area (TPSA) is 94.2 Å². The largest absolute Gasteiger partial charge is 0.351 e. The van der Waals surface area contributed by atoms with Gasteiger partial charge >= 0.3 is 0 Å². The average Bonchev–Trinajstić information content (AvgIpc) is 3.43. The number of hydrogen-bond acceptors (Lipinski definition) is 7. The number of likely N-dealkylation sites (tertiary alicyclic amines) is 1. The van der Waals surface area contributed by atoms with E-state index in [1.165, 1.54) is 12.2 Å². The van der Waals surface area contributed by atoms with Gasteiger partial charge in [0.1, 0.15) is 17.7 Å². The zero-order valence-corrected chi connectivity index (χ0v) is 26.4. The predicted molar refractivity (Wildman–Crippen MR) is 171 cm³/mol. The van der Waals surface area contributed by atoms with Crippen molar-refractivity contribution in [2.24, 2.45) is 0 Å². The van der Waals surface area contributed by atoms with Crippen LogP contribution in [0, 0.1) is 37.9 Å². The first-order valence-corrected chi connectivity index (χ1v) is 15.4. The minimum atomic E-state index is -0.729. The van der Waals surface area contributed by atoms with Gasteiger partial charge in [0, 0.05) is 48.7 Å². The molecule has 0 radical (unpaired) electrons. The van der Waals surface area contributed by atoms with Crippen LogP contribution >= 0.6 is 0 Å². The fraction of sp³-hybridized carbons (Fsp3) is 0.441. The number of pyridine rings is 1. The van der Waals surface area contributed by atoms with Gasteiger partial charge in [-0.15, -0.1) is 5.10 Å². The molecule has 0 N–H and O–H groups in total. The minimum absolute atomic E-state index is 0.137. The van der Waals surface area contributed by atoms with E-state index < -0.39 is 6.67 Å². The number of fused-ring (bicyclic) bond motifs is 3. The quantitative estimate of drug-likeness (QED) is 0.257. The molecule has 4 heterocycles. The average molecular weight is 613 g/mol. The predicted octanol–water partition coefficient (Wildman–Crippen LogP) is 5.43. The van der Waals surface area contributed by atoms with E-state index in [4.69, 9.17) is 4.98 Å². The van der Waals surface area contributed by atoms with E-state index in [9.17, 15) is 14.4 Å². The van der Waals surface area contributed by atoms with Crippen LogP contribution in [0.3, 0.4) is 0 Å². The molecule has 4 aromatic rings. The SMILES string of the molecule is Cc1cccc(-c2c(C)cc3c(nc(N4CC(N(C)C)C4)c4nnn([C@H]5CCN(C(=O)/C=C/CF)[C@H](CC#N)C5)c43)c2F)c1C. The van der Waals surface area contributed by atoms with E-state index in [-0.39, 0.29) is 35.7 Å². The molecule has 0 bridgehead atoms. The molecule has 2 fully saturated rings. The lowest BCUT2D eigenvalue weighted by molar-refractivity contribution is -0.130. The highest BCUT2D eigenvalue weighted by molar-refractivity contribution is 6.08. The van der Waals surface area contributed by atoms with Gasteiger partial charge in [0.15, 0.2) is 17.2 Å². The monoisotopic (exact) mass is 612 g/mol. The maximum atomic E-state index is 16.9. The molecule has 2 aromatic heterocycles. The molecule has 0 saturated carbocycles. The van der Waals surface area contributed by atoms with E-state index in [1.54, 1.807) is 4.90 Å². The molecule has 0 spiro atoms. The number of hydrogen-bond donors (Lipinski definition) is 0. The van der Waals surface area contributed by atoms with Gasteiger partial charge in [-0.3, -0.25) is 4.79 Å². The Morgan fingerprint density at radius 2 is 1.96 bits per heavy atom. The molecule has 2 aliphatic rings. The number of halogens is 2. The second-order valence-electron chi connectivity index (χ2n) is 12.5. The van der Waals surface area contributed by atoms with Crippen molar-refractivity contribution in [1.82, 2.24) is 29.8 Å². The molecule has 2 aliphatic heterocycles. The van der Waals surface area contributed by atoms with E-state index in [1.807, 2.05) is 63.8 Å². The Hall–Kier alpha value is -4.43. The molecule has 234 valence electrons. The lowest BCUT2D eigenvalue weighted by Crippen LogP contribution is -2.57. The smallest absolute Gasteiger partial charge is 0.246 e. The van der Waals surface area contributed by atoms with Crippen molar-refractivity contribution < 1.29 is 13.6 Å². The number of aromatic nitrogens is 4. The van der Waals surface area contributed by atoms with Crippen LogP contribution in [0.25, 0.3) is 33.1 Å². The number of carbonyl (C=O) groups excluding carboxylic acids is 1. The third kappa shape index (κ3) is 5.31. The molecule has 1 amide bonds. The van der Waals surface area contributed by atoms with Crippen LogP contribution in [0.4, 0.5) is 14.6 Å². The maximum absolute atomic E-state index is 16.9. The first-order valence-electron chi connectivity index (χ1n) is 15.4. The molecular weight excluding hydrogens is 574 g/mol. The fourth-order valence-corrected chi connectivity index (χ4v) is 6.78. The zero-order valence-electron chi connectivity index (χ0n) is 26.4. The van der Waals surface area contributed by atoms with Crippen LogP contribution in [0.5, 0.6) is 0 Å². The molecule has 2 saturated heterocycles. The molecular formula is C34H38F2N8O. The van der Waals surface area contributed by atoms with E-state index in [0.29, 0.717) is 53.2 Å². The van der Waals surface area contributed by atoms with Crippen molar-refractivity contribution in [3.8, 4) is 17.2 Å². The summed E-state index contributed by atoms with van der Waals surface area (Å²) in [5.41, 5.74) is 5.87. The van der Waals surface area contributed by atoms with Gasteiger partial charge in [0.25, 0.3) is 0 Å². The third-order valence-corrected chi connectivity index (χ3v) is 9.58. The normalized spacial score (nSPS) is 19.2. The number of amides is 1. The molecule has 6 rings (SSSR count). The number of aryl methyl sites for hydroxylation is 2. The summed E-state index contributed by atoms with van der Waals surface area (Å²) in [5.74, 6) is -0.0765. The number of nitriles is 1. The lowest BCUT2D eigenvalue weighted by atomic mass is 9.91. The van der Waals surface area contributed by atoms with Crippen molar-refractivity contribution in [3.63, 3.8) is 0 Å². The Kier molecular flexibility index (Phi) is 8.27. The van der Waals surface area contributed by atoms with E-state index >= 15 is 4.39 Å². The second-order valence-corrected chi connectivity index (χ2v) is 12.5. The van der Waals surface area contributed by atoms with Crippen LogP contribution in [0.2, 0.25) is 0 Å². The summed E-state index contributed by atoms with van der Waals surface area (Å²) in [4.78, 5) is 23.7. The van der Waals surface area contributed by atoms with Gasteiger partial charge < -0.3 is 14.7 Å². The van der Waals surface area contributed by atoms with Gasteiger partial charge in [-0.1, -0.05) is 23.4 Å². The summed E-state index contributed by atoms with van der Waals surface area (Å²) in [5, 5.41) is 19.5. The van der Waals surface area contributed by atoms with Crippen molar-refractivity contribution in [3.05, 3.63) is 58.9 Å². The first-order chi connectivity index (χ1) is 21.6. The van der Waals surface area contributed by atoms with Gasteiger partial charge in [0.05, 0.1) is 18.5 Å². The molecule has 0 aliphatic carbocycles. The highest BCUT2D eigenvalue weighted by atomic mass is 19.1. The number of benzene rings is 2. The number of likely N-dealkylation sites (N-methyl/N-ethyl adjacent to an activating group) is 1. The molecule has 9 nitrogen and oxygen atoms in total. The highest BCUT2D eigenvalue weighted by Crippen LogP contribution is 2.41. The van der Waals surface area contributed by atoms with Crippen molar-refractivity contribution in [1.29, 1.82) is 5.26 Å². The Labute approximate surface area is 261 Å². The Bertz CT molecular complexity index is 1850. The summed E-state index contributed by atoms with van der Waals surface area (Å²) in [6.07, 6.45) is 3.58. The number of allylic oxidation sites excluding steroid dienone is 1. The zero-order chi connectivity index (χ0) is 32.0. The van der Waals surface area contributed by atoms with Crippen LogP contribution in [-0.2, 0) is 4.79 Å². The molecule has 2 atom stereocenters. The summed E-state index contributed by atoms with van der Waals surface area (Å²) in [7, 11) is 4.09. The van der Waals surface area contributed by atoms with Gasteiger partial charge in [-0.05, 0) is 82.1 Å². The Balaban J connectivity index is 1.51. The highest BCUT2D eigenvalue weighted by Gasteiger charge is 2.36. The van der Waals surface area contributed by atoms with Crippen molar-refractivity contribution in [2.75, 3.05) is 45.3 Å². The number of carbonyl (C=O) groups is 1. The Morgan fingerprint density at radius 3 is 2.67 bits per heavy atom. The lowest BCUT2D eigenvalue weighted by Gasteiger charge is -2.43. The number of nitrogens with zero attached hydrogens (tertiary/aromatic N) is 8. The van der Waals surface area contributed by atoms with Crippen LogP contribution in [0.15, 0.2) is 36.4 Å². The molecule has 45 heavy (non-hydrogen) atoms. The van der Waals surface area contributed by atoms with Crippen molar-refractivity contribution in [2.45, 2.75) is 58.2 Å². The van der Waals surface area contributed by atoms with Crippen LogP contribution < -0.4 is 4.90 Å². The number of anilines is 1. The second kappa shape index (κ2) is 12.2. The van der Waals surface area contributed by atoms with Gasteiger partial charge in [-0.2, -0.15) is 5.26 Å². The molecule has 2 aromatic carbocycles. The standard InChI is InChI=1S/C34H38F2N8O/c1-20-8-6-9-26(22(20)3)29-21(2)16-27-31(30(29)36)38-34(42-18-25(19-42)41(4)5)32-33(27)44(40-39-32)24-12-15-43(23(17-24)11-14-37)28(45)10-7-13-35/h6-10,16,23-25H,11-13,15,17-19H2,1-5H3/b10-7+/t23-,24+/m1/s1. The fourth-order valence-electron chi connectivity index (χ4n) is 6.78. The first kappa shape index (κ1) is 30.6. The molecule has 0 unspecified atom stereocenters. The number of alkyl halides is 1. The minimum Gasteiger partial charge on any atom is -0.351 e. The van der Waals surface area contributed by atoms with E-state index in [2.05, 4.69) is 26.2 Å². The summed E-state index contributed by atoms with van der Waals surface area (Å²) in [6.45, 7) is 7.08. The van der Waals surface area contributed by atoms with E-state index in [0.717, 1.165) is 35.3 Å². The van der Waals surface area contributed by atoms with Gasteiger partial charge in [0.2, 0.25) is 5.91 Å². The summed E-state index contributed by atoms with van der Waals surface area (Å²) >= 11 is 0. The number of piperidine rings is 1. The van der Waals surface area contributed by atoms with Gasteiger partial charge in [-0.25, -0.2) is 18.4 Å². The maximum Gasteiger partial charge on any atom is 0.246 e. The summed E-state index contributed by atoms with van der Waals surface area (Å²) in [6, 6.07) is 9.91. The Morgan fingerprint density at radius 1 is 1.18 bits per heavy atom. The third-order valence-electron chi connectivity index (χ3n) is 9.58. The van der Waals surface area contributed by atoms with Crippen LogP contribution in [-0.4, -0.2) is 88.2 Å².